The van der Waals surface area contributed by atoms with Gasteiger partial charge in [0.05, 0.1) is 10.2 Å². The number of rotatable bonds is 2. The predicted octanol–water partition coefficient (Wildman–Crippen LogP) is 1.94. The lowest BCUT2D eigenvalue weighted by Crippen LogP contribution is -2.24. The lowest BCUT2D eigenvalue weighted by Gasteiger charge is -2.15. The highest BCUT2D eigenvalue weighted by molar-refractivity contribution is 9.10. The van der Waals surface area contributed by atoms with Crippen molar-refractivity contribution in [2.75, 3.05) is 0 Å². The quantitative estimate of drug-likeness (QED) is 0.920. The number of pyridine rings is 1. The van der Waals surface area contributed by atoms with Crippen molar-refractivity contribution < 1.29 is 5.11 Å². The molecular formula is C12H14BrN3O2. The molecule has 0 aromatic carbocycles. The maximum absolute atomic E-state index is 12.1. The number of aromatic nitrogens is 3. The molecule has 0 radical (unpaired) electrons. The molecule has 0 aliphatic heterocycles. The van der Waals surface area contributed by atoms with Crippen LogP contribution in [0, 0.1) is 6.92 Å². The Morgan fingerprint density at radius 3 is 2.67 bits per heavy atom. The summed E-state index contributed by atoms with van der Waals surface area (Å²) in [4.78, 5) is 20.6. The van der Waals surface area contributed by atoms with E-state index in [9.17, 15) is 4.79 Å². The average molecular weight is 312 g/mol. The number of aliphatic hydroxyl groups excluding tert-OH is 1. The number of fused-ring (bicyclic) bond motifs is 1. The van der Waals surface area contributed by atoms with Crippen LogP contribution in [0.3, 0.4) is 0 Å². The van der Waals surface area contributed by atoms with Crippen LogP contribution in [-0.4, -0.2) is 19.6 Å². The standard InChI is InChI=1S/C12H14BrN3O2/c1-6(2)16-11-8(4-9(13)12(16)18)7(3)14-10(5-17)15-11/h4,6,17H,5H2,1-3H3. The van der Waals surface area contributed by atoms with Gasteiger partial charge in [-0.05, 0) is 42.8 Å². The fraction of sp³-hybridized carbons (Fsp3) is 0.417. The van der Waals surface area contributed by atoms with Crippen LogP contribution in [0.25, 0.3) is 11.0 Å². The van der Waals surface area contributed by atoms with Crippen LogP contribution in [-0.2, 0) is 6.61 Å². The predicted molar refractivity (Wildman–Crippen MR) is 72.5 cm³/mol. The van der Waals surface area contributed by atoms with Gasteiger partial charge in [0.15, 0.2) is 5.82 Å². The van der Waals surface area contributed by atoms with Crippen molar-refractivity contribution in [3.63, 3.8) is 0 Å². The molecule has 0 amide bonds. The molecule has 0 fully saturated rings. The first-order valence-electron chi connectivity index (χ1n) is 5.64. The van der Waals surface area contributed by atoms with Crippen LogP contribution in [0.4, 0.5) is 0 Å². The van der Waals surface area contributed by atoms with E-state index in [1.807, 2.05) is 20.8 Å². The molecule has 2 aromatic rings. The van der Waals surface area contributed by atoms with Crippen LogP contribution in [0.15, 0.2) is 15.3 Å². The highest BCUT2D eigenvalue weighted by Crippen LogP contribution is 2.20. The number of halogens is 1. The van der Waals surface area contributed by atoms with Crippen LogP contribution in [0.1, 0.15) is 31.4 Å². The van der Waals surface area contributed by atoms with E-state index in [-0.39, 0.29) is 18.2 Å². The van der Waals surface area contributed by atoms with Gasteiger partial charge in [0, 0.05) is 11.4 Å². The summed E-state index contributed by atoms with van der Waals surface area (Å²) in [5, 5.41) is 9.97. The van der Waals surface area contributed by atoms with Crippen molar-refractivity contribution in [1.29, 1.82) is 0 Å². The van der Waals surface area contributed by atoms with E-state index >= 15 is 0 Å². The summed E-state index contributed by atoms with van der Waals surface area (Å²) in [6.45, 7) is 5.44. The molecule has 6 heteroatoms. The van der Waals surface area contributed by atoms with Gasteiger partial charge in [0.25, 0.3) is 5.56 Å². The molecule has 2 rings (SSSR count). The van der Waals surface area contributed by atoms with E-state index in [0.717, 1.165) is 11.1 Å². The van der Waals surface area contributed by atoms with E-state index in [1.54, 1.807) is 10.6 Å². The minimum atomic E-state index is -0.237. The molecule has 0 saturated carbocycles. The summed E-state index contributed by atoms with van der Waals surface area (Å²) < 4.78 is 2.10. The largest absolute Gasteiger partial charge is 0.388 e. The summed E-state index contributed by atoms with van der Waals surface area (Å²) >= 11 is 3.27. The highest BCUT2D eigenvalue weighted by Gasteiger charge is 2.14. The number of hydrogen-bond donors (Lipinski definition) is 1. The molecule has 0 atom stereocenters. The van der Waals surface area contributed by atoms with Gasteiger partial charge in [-0.3, -0.25) is 9.36 Å². The summed E-state index contributed by atoms with van der Waals surface area (Å²) in [5.41, 5.74) is 1.19. The Labute approximate surface area is 113 Å². The Bertz CT molecular complexity index is 664. The zero-order valence-corrected chi connectivity index (χ0v) is 12.0. The molecule has 0 bridgehead atoms. The maximum atomic E-state index is 12.1. The molecule has 1 N–H and O–H groups in total. The second-order valence-corrected chi connectivity index (χ2v) is 5.24. The molecule has 0 unspecified atom stereocenters. The van der Waals surface area contributed by atoms with Gasteiger partial charge < -0.3 is 5.11 Å². The monoisotopic (exact) mass is 311 g/mol. The summed E-state index contributed by atoms with van der Waals surface area (Å²) in [7, 11) is 0. The van der Waals surface area contributed by atoms with E-state index in [0.29, 0.717) is 15.9 Å². The summed E-state index contributed by atoms with van der Waals surface area (Å²) in [6, 6.07) is 1.71. The van der Waals surface area contributed by atoms with Crippen molar-refractivity contribution in [2.45, 2.75) is 33.4 Å². The molecule has 2 heterocycles. The van der Waals surface area contributed by atoms with Gasteiger partial charge in [0.2, 0.25) is 0 Å². The third-order valence-corrected chi connectivity index (χ3v) is 3.31. The Morgan fingerprint density at radius 2 is 2.11 bits per heavy atom. The lowest BCUT2D eigenvalue weighted by atomic mass is 10.2. The Balaban J connectivity index is 2.98. The van der Waals surface area contributed by atoms with E-state index in [2.05, 4.69) is 25.9 Å². The Kier molecular flexibility index (Phi) is 3.49. The van der Waals surface area contributed by atoms with Crippen molar-refractivity contribution in [2.24, 2.45) is 0 Å². The van der Waals surface area contributed by atoms with Gasteiger partial charge >= 0.3 is 0 Å². The van der Waals surface area contributed by atoms with Crippen LogP contribution < -0.4 is 5.56 Å². The zero-order chi connectivity index (χ0) is 13.4. The minimum absolute atomic E-state index is 0.0154. The molecule has 0 aliphatic carbocycles. The van der Waals surface area contributed by atoms with Gasteiger partial charge in [-0.25, -0.2) is 9.97 Å². The Hall–Kier alpha value is -1.27. The number of aliphatic hydroxyl groups is 1. The van der Waals surface area contributed by atoms with Gasteiger partial charge in [-0.15, -0.1) is 0 Å². The number of hydrogen-bond acceptors (Lipinski definition) is 4. The molecule has 0 spiro atoms. The molecule has 0 saturated heterocycles. The van der Waals surface area contributed by atoms with E-state index in [1.165, 1.54) is 0 Å². The first-order chi connectivity index (χ1) is 8.45. The van der Waals surface area contributed by atoms with E-state index in [4.69, 9.17) is 5.11 Å². The van der Waals surface area contributed by atoms with Crippen LogP contribution in [0.5, 0.6) is 0 Å². The molecular weight excluding hydrogens is 298 g/mol. The fourth-order valence-electron chi connectivity index (χ4n) is 1.93. The topological polar surface area (TPSA) is 68.0 Å². The number of nitrogens with zero attached hydrogens (tertiary/aromatic N) is 3. The SMILES string of the molecule is Cc1nc(CO)nc2c1cc(Br)c(=O)n2C(C)C. The summed E-state index contributed by atoms with van der Waals surface area (Å²) in [5.74, 6) is 0.330. The Morgan fingerprint density at radius 1 is 1.44 bits per heavy atom. The first kappa shape index (κ1) is 13.2. The van der Waals surface area contributed by atoms with Crippen molar-refractivity contribution in [1.82, 2.24) is 14.5 Å². The molecule has 18 heavy (non-hydrogen) atoms. The fourth-order valence-corrected chi connectivity index (χ4v) is 2.35. The third-order valence-electron chi connectivity index (χ3n) is 2.74. The zero-order valence-electron chi connectivity index (χ0n) is 10.4. The van der Waals surface area contributed by atoms with Crippen molar-refractivity contribution in [3.05, 3.63) is 32.4 Å². The maximum Gasteiger partial charge on any atom is 0.266 e. The number of aryl methyl sites for hydroxylation is 1. The molecule has 2 aromatic heterocycles. The lowest BCUT2D eigenvalue weighted by molar-refractivity contribution is 0.271. The normalized spacial score (nSPS) is 11.4. The highest BCUT2D eigenvalue weighted by atomic mass is 79.9. The van der Waals surface area contributed by atoms with Crippen LogP contribution in [0.2, 0.25) is 0 Å². The van der Waals surface area contributed by atoms with Gasteiger partial charge in [-0.2, -0.15) is 0 Å². The van der Waals surface area contributed by atoms with E-state index < -0.39 is 0 Å². The smallest absolute Gasteiger partial charge is 0.266 e. The van der Waals surface area contributed by atoms with Crippen LogP contribution >= 0.6 is 15.9 Å². The minimum Gasteiger partial charge on any atom is -0.388 e. The average Bonchev–Trinajstić information content (AvgIpc) is 2.31. The van der Waals surface area contributed by atoms with Crippen molar-refractivity contribution in [3.8, 4) is 0 Å². The third kappa shape index (κ3) is 2.06. The van der Waals surface area contributed by atoms with Gasteiger partial charge in [-0.1, -0.05) is 0 Å². The molecule has 0 aliphatic rings. The van der Waals surface area contributed by atoms with Gasteiger partial charge in [0.1, 0.15) is 12.3 Å². The molecule has 96 valence electrons. The summed E-state index contributed by atoms with van der Waals surface area (Å²) in [6.07, 6.45) is 0. The molecule has 5 nitrogen and oxygen atoms in total. The van der Waals surface area contributed by atoms with Crippen molar-refractivity contribution >= 4 is 27.0 Å². The first-order valence-corrected chi connectivity index (χ1v) is 6.44. The second-order valence-electron chi connectivity index (χ2n) is 4.38. The second kappa shape index (κ2) is 4.78.